The number of carbonyl (C=O) groups is 1. The van der Waals surface area contributed by atoms with Gasteiger partial charge in [-0.2, -0.15) is 15.4 Å². The zero-order valence-corrected chi connectivity index (χ0v) is 7.58. The van der Waals surface area contributed by atoms with Crippen molar-refractivity contribution in [3.8, 4) is 0 Å². The van der Waals surface area contributed by atoms with E-state index in [0.29, 0.717) is 13.0 Å². The third kappa shape index (κ3) is 5.15. The van der Waals surface area contributed by atoms with E-state index in [4.69, 9.17) is 9.84 Å². The van der Waals surface area contributed by atoms with Gasteiger partial charge in [-0.15, -0.1) is 12.4 Å². The molecule has 0 atom stereocenters. The minimum atomic E-state index is -0.963. The Morgan fingerprint density at radius 2 is 2.46 bits per heavy atom. The summed E-state index contributed by atoms with van der Waals surface area (Å²) in [6, 6.07) is 0. The molecule has 0 aliphatic heterocycles. The summed E-state index contributed by atoms with van der Waals surface area (Å²) >= 11 is 0. The summed E-state index contributed by atoms with van der Waals surface area (Å²) in [4.78, 5) is 10.0. The van der Waals surface area contributed by atoms with E-state index in [1.807, 2.05) is 0 Å². The summed E-state index contributed by atoms with van der Waals surface area (Å²) in [5.74, 6) is -0.963. The van der Waals surface area contributed by atoms with Crippen LogP contribution in [0.4, 0.5) is 0 Å². The predicted molar refractivity (Wildman–Crippen MR) is 45.8 cm³/mol. The first-order chi connectivity index (χ1) is 5.79. The molecule has 1 rings (SSSR count). The predicted octanol–water partition coefficient (Wildman–Crippen LogP) is -0.130. The van der Waals surface area contributed by atoms with Gasteiger partial charge in [-0.05, 0) is 0 Å². The van der Waals surface area contributed by atoms with Crippen LogP contribution in [0.25, 0.3) is 0 Å². The van der Waals surface area contributed by atoms with Gasteiger partial charge in [-0.1, -0.05) is 0 Å². The van der Waals surface area contributed by atoms with Crippen LogP contribution in [-0.2, 0) is 16.0 Å². The maximum atomic E-state index is 10.0. The van der Waals surface area contributed by atoms with Gasteiger partial charge in [0.25, 0.3) is 0 Å². The molecule has 0 radical (unpaired) electrons. The molecule has 0 bridgehead atoms. The van der Waals surface area contributed by atoms with E-state index < -0.39 is 5.97 Å². The van der Waals surface area contributed by atoms with Gasteiger partial charge in [-0.25, -0.2) is 4.79 Å². The van der Waals surface area contributed by atoms with Gasteiger partial charge in [-0.3, -0.25) is 0 Å². The van der Waals surface area contributed by atoms with Gasteiger partial charge in [0.05, 0.1) is 18.5 Å². The highest BCUT2D eigenvalue weighted by atomic mass is 35.5. The van der Waals surface area contributed by atoms with Crippen LogP contribution in [0.5, 0.6) is 0 Å². The Hall–Kier alpha value is -1.14. The molecule has 0 aromatic carbocycles. The van der Waals surface area contributed by atoms with E-state index in [-0.39, 0.29) is 19.0 Å². The minimum absolute atomic E-state index is 0. The lowest BCUT2D eigenvalue weighted by atomic mass is 10.3. The molecule has 0 fully saturated rings. The normalized spacial score (nSPS) is 9.23. The molecule has 0 aliphatic rings. The van der Waals surface area contributed by atoms with Gasteiger partial charge < -0.3 is 9.84 Å². The van der Waals surface area contributed by atoms with Gasteiger partial charge in [0.15, 0.2) is 0 Å². The number of H-pyrrole nitrogens is 1. The molecular weight excluding hydrogens is 198 g/mol. The lowest BCUT2D eigenvalue weighted by molar-refractivity contribution is -0.142. The highest BCUT2D eigenvalue weighted by Gasteiger charge is 1.98. The maximum Gasteiger partial charge on any atom is 0.329 e. The molecular formula is C6H10ClN3O3. The Kier molecular flexibility index (Phi) is 5.82. The second-order valence-electron chi connectivity index (χ2n) is 2.16. The lowest BCUT2D eigenvalue weighted by Gasteiger charge is -1.96. The van der Waals surface area contributed by atoms with Crippen molar-refractivity contribution in [3.63, 3.8) is 0 Å². The highest BCUT2D eigenvalue weighted by molar-refractivity contribution is 5.85. The smallest absolute Gasteiger partial charge is 0.329 e. The largest absolute Gasteiger partial charge is 0.480 e. The molecule has 0 aliphatic carbocycles. The van der Waals surface area contributed by atoms with Crippen molar-refractivity contribution in [2.45, 2.75) is 6.42 Å². The zero-order valence-electron chi connectivity index (χ0n) is 6.77. The standard InChI is InChI=1S/C6H9N3O3.ClH/c10-6(11)4-12-2-1-5-3-7-9-8-5;/h3H,1-2,4H2,(H,10,11)(H,7,8,9);1H. The Labute approximate surface area is 80.7 Å². The lowest BCUT2D eigenvalue weighted by Crippen LogP contribution is -2.09. The number of hydrogen-bond donors (Lipinski definition) is 2. The van der Waals surface area contributed by atoms with Crippen LogP contribution < -0.4 is 0 Å². The molecule has 2 N–H and O–H groups in total. The summed E-state index contributed by atoms with van der Waals surface area (Å²) in [5, 5.41) is 18.0. The van der Waals surface area contributed by atoms with Crippen LogP contribution in [0.3, 0.4) is 0 Å². The van der Waals surface area contributed by atoms with Crippen molar-refractivity contribution in [1.82, 2.24) is 15.4 Å². The van der Waals surface area contributed by atoms with E-state index in [9.17, 15) is 4.79 Å². The summed E-state index contributed by atoms with van der Waals surface area (Å²) in [6.07, 6.45) is 2.15. The summed E-state index contributed by atoms with van der Waals surface area (Å²) in [6.45, 7) is 0.0800. The maximum absolute atomic E-state index is 10.0. The summed E-state index contributed by atoms with van der Waals surface area (Å²) in [7, 11) is 0. The number of rotatable bonds is 5. The zero-order chi connectivity index (χ0) is 8.81. The fourth-order valence-electron chi connectivity index (χ4n) is 0.682. The van der Waals surface area contributed by atoms with Gasteiger partial charge in [0, 0.05) is 6.42 Å². The molecule has 0 unspecified atom stereocenters. The van der Waals surface area contributed by atoms with Crippen molar-refractivity contribution in [2.24, 2.45) is 0 Å². The number of halogens is 1. The number of carboxylic acids is 1. The van der Waals surface area contributed by atoms with Crippen molar-refractivity contribution >= 4 is 18.4 Å². The van der Waals surface area contributed by atoms with E-state index in [0.717, 1.165) is 5.69 Å². The molecule has 6 nitrogen and oxygen atoms in total. The molecule has 74 valence electrons. The molecule has 7 heteroatoms. The van der Waals surface area contributed by atoms with Crippen molar-refractivity contribution in [3.05, 3.63) is 11.9 Å². The van der Waals surface area contributed by atoms with E-state index in [2.05, 4.69) is 15.4 Å². The SMILES string of the molecule is Cl.O=C(O)COCCc1cn[nH]n1. The molecule has 0 saturated heterocycles. The molecule has 13 heavy (non-hydrogen) atoms. The van der Waals surface area contributed by atoms with Crippen molar-refractivity contribution < 1.29 is 14.6 Å². The molecule has 0 amide bonds. The summed E-state index contributed by atoms with van der Waals surface area (Å²) < 4.78 is 4.79. The van der Waals surface area contributed by atoms with E-state index in [1.165, 1.54) is 0 Å². The fourth-order valence-corrected chi connectivity index (χ4v) is 0.682. The van der Waals surface area contributed by atoms with Crippen LogP contribution in [-0.4, -0.2) is 39.7 Å². The first kappa shape index (κ1) is 11.9. The second kappa shape index (κ2) is 6.38. The number of hydrogen-bond acceptors (Lipinski definition) is 4. The van der Waals surface area contributed by atoms with Crippen molar-refractivity contribution in [2.75, 3.05) is 13.2 Å². The highest BCUT2D eigenvalue weighted by Crippen LogP contribution is 1.90. The average molecular weight is 208 g/mol. The number of aromatic nitrogens is 3. The van der Waals surface area contributed by atoms with Gasteiger partial charge in [0.2, 0.25) is 0 Å². The number of ether oxygens (including phenoxy) is 1. The van der Waals surface area contributed by atoms with Crippen molar-refractivity contribution in [1.29, 1.82) is 0 Å². The third-order valence-electron chi connectivity index (χ3n) is 1.19. The monoisotopic (exact) mass is 207 g/mol. The number of carboxylic acid groups (broad SMARTS) is 1. The first-order valence-electron chi connectivity index (χ1n) is 3.43. The van der Waals surface area contributed by atoms with Gasteiger partial charge >= 0.3 is 5.97 Å². The Morgan fingerprint density at radius 1 is 1.69 bits per heavy atom. The number of nitrogens with zero attached hydrogens (tertiary/aromatic N) is 2. The van der Waals surface area contributed by atoms with Crippen LogP contribution in [0.1, 0.15) is 5.69 Å². The molecule has 0 spiro atoms. The summed E-state index contributed by atoms with van der Waals surface area (Å²) in [5.41, 5.74) is 0.764. The minimum Gasteiger partial charge on any atom is -0.480 e. The topological polar surface area (TPSA) is 88.1 Å². The second-order valence-corrected chi connectivity index (χ2v) is 2.16. The number of aromatic amines is 1. The van der Waals surface area contributed by atoms with Crippen LogP contribution in [0, 0.1) is 0 Å². The van der Waals surface area contributed by atoms with Crippen LogP contribution in [0.15, 0.2) is 6.20 Å². The Balaban J connectivity index is 0.00000144. The number of aliphatic carboxylic acids is 1. The van der Waals surface area contributed by atoms with Gasteiger partial charge in [0.1, 0.15) is 6.61 Å². The average Bonchev–Trinajstić information content (AvgIpc) is 2.49. The molecule has 0 saturated carbocycles. The van der Waals surface area contributed by atoms with Crippen LogP contribution in [0.2, 0.25) is 0 Å². The van der Waals surface area contributed by atoms with Crippen LogP contribution >= 0.6 is 12.4 Å². The van der Waals surface area contributed by atoms with E-state index in [1.54, 1.807) is 6.20 Å². The first-order valence-corrected chi connectivity index (χ1v) is 3.43. The fraction of sp³-hybridized carbons (Fsp3) is 0.500. The quantitative estimate of drug-likeness (QED) is 0.657. The molecule has 1 heterocycles. The Bertz CT molecular complexity index is 239. The molecule has 1 aromatic heterocycles. The molecule has 1 aromatic rings. The Morgan fingerprint density at radius 3 is 3.00 bits per heavy atom. The third-order valence-corrected chi connectivity index (χ3v) is 1.19. The number of nitrogens with one attached hydrogen (secondary N) is 1. The van der Waals surface area contributed by atoms with E-state index >= 15 is 0 Å².